The Bertz CT molecular complexity index is 441. The van der Waals surface area contributed by atoms with Gasteiger partial charge in [-0.3, -0.25) is 0 Å². The molecule has 3 nitrogen and oxygen atoms in total. The summed E-state index contributed by atoms with van der Waals surface area (Å²) >= 11 is 0. The van der Waals surface area contributed by atoms with Gasteiger partial charge in [0.25, 0.3) is 0 Å². The number of aromatic nitrogens is 1. The maximum atomic E-state index is 14.5. The number of halogens is 1. The third kappa shape index (κ3) is 2.21. The second-order valence-corrected chi connectivity index (χ2v) is 5.39. The number of hydrogen-bond donors (Lipinski definition) is 1. The number of alkyl halides is 1. The highest BCUT2D eigenvalue weighted by molar-refractivity contribution is 5.35. The minimum Gasteiger partial charge on any atom is -0.477 e. The molecule has 1 N–H and O–H groups in total. The molecular weight excluding hydrogens is 233 g/mol. The van der Waals surface area contributed by atoms with Crippen LogP contribution in [0, 0.1) is 5.92 Å². The van der Waals surface area contributed by atoms with Crippen LogP contribution in [0.25, 0.3) is 0 Å². The molecule has 98 valence electrons. The van der Waals surface area contributed by atoms with E-state index in [1.165, 1.54) is 12.8 Å². The van der Waals surface area contributed by atoms with Gasteiger partial charge in [-0.05, 0) is 50.2 Å². The van der Waals surface area contributed by atoms with E-state index in [0.717, 1.165) is 6.42 Å². The standard InChI is InChI=1S/C14H18FNO2/c15-14(6-1-7-14)12-5-4-11(8-17)16-13(12)18-9-10-2-3-10/h4-5,10,17H,1-3,6-9H2. The van der Waals surface area contributed by atoms with Crippen molar-refractivity contribution >= 4 is 0 Å². The van der Waals surface area contributed by atoms with E-state index in [4.69, 9.17) is 9.84 Å². The first-order valence-electron chi connectivity index (χ1n) is 6.64. The SMILES string of the molecule is OCc1ccc(C2(F)CCC2)c(OCC2CC2)n1. The minimum absolute atomic E-state index is 0.140. The number of nitrogens with zero attached hydrogens (tertiary/aromatic N) is 1. The third-order valence-electron chi connectivity index (χ3n) is 3.86. The van der Waals surface area contributed by atoms with E-state index in [9.17, 15) is 4.39 Å². The molecule has 1 aromatic rings. The first-order chi connectivity index (χ1) is 8.71. The van der Waals surface area contributed by atoms with Gasteiger partial charge in [-0.2, -0.15) is 0 Å². The predicted molar refractivity (Wildman–Crippen MR) is 65.0 cm³/mol. The van der Waals surface area contributed by atoms with E-state index in [0.29, 0.717) is 42.5 Å². The zero-order chi connectivity index (χ0) is 12.6. The highest BCUT2D eigenvalue weighted by atomic mass is 19.1. The van der Waals surface area contributed by atoms with E-state index >= 15 is 0 Å². The molecule has 0 bridgehead atoms. The first-order valence-corrected chi connectivity index (χ1v) is 6.64. The zero-order valence-corrected chi connectivity index (χ0v) is 10.4. The molecule has 0 aromatic carbocycles. The summed E-state index contributed by atoms with van der Waals surface area (Å²) in [5.41, 5.74) is -0.168. The van der Waals surface area contributed by atoms with Gasteiger partial charge in [0.2, 0.25) is 5.88 Å². The Labute approximate surface area is 106 Å². The lowest BCUT2D eigenvalue weighted by Crippen LogP contribution is -2.30. The Morgan fingerprint density at radius 1 is 1.39 bits per heavy atom. The largest absolute Gasteiger partial charge is 0.477 e. The van der Waals surface area contributed by atoms with Crippen LogP contribution >= 0.6 is 0 Å². The quantitative estimate of drug-likeness (QED) is 0.875. The highest BCUT2D eigenvalue weighted by Gasteiger charge is 2.42. The van der Waals surface area contributed by atoms with Gasteiger partial charge in [-0.25, -0.2) is 9.37 Å². The Morgan fingerprint density at radius 3 is 2.72 bits per heavy atom. The summed E-state index contributed by atoms with van der Waals surface area (Å²) < 4.78 is 20.2. The van der Waals surface area contributed by atoms with Gasteiger partial charge in [0.15, 0.2) is 0 Å². The predicted octanol–water partition coefficient (Wildman–Crippen LogP) is 2.71. The minimum atomic E-state index is -1.26. The third-order valence-corrected chi connectivity index (χ3v) is 3.86. The Morgan fingerprint density at radius 2 is 2.17 bits per heavy atom. The molecule has 2 fully saturated rings. The van der Waals surface area contributed by atoms with Gasteiger partial charge < -0.3 is 9.84 Å². The van der Waals surface area contributed by atoms with Gasteiger partial charge >= 0.3 is 0 Å². The second kappa shape index (κ2) is 4.50. The summed E-state index contributed by atoms with van der Waals surface area (Å²) in [6.45, 7) is 0.477. The van der Waals surface area contributed by atoms with Crippen LogP contribution in [0.15, 0.2) is 12.1 Å². The van der Waals surface area contributed by atoms with Gasteiger partial charge in [0, 0.05) is 0 Å². The summed E-state index contributed by atoms with van der Waals surface area (Å²) in [5, 5.41) is 9.10. The number of ether oxygens (including phenoxy) is 1. The molecule has 1 aromatic heterocycles. The zero-order valence-electron chi connectivity index (χ0n) is 10.4. The van der Waals surface area contributed by atoms with Crippen molar-refractivity contribution in [2.24, 2.45) is 5.92 Å². The lowest BCUT2D eigenvalue weighted by atomic mass is 9.77. The molecule has 2 aliphatic rings. The lowest BCUT2D eigenvalue weighted by Gasteiger charge is -2.34. The van der Waals surface area contributed by atoms with Crippen molar-refractivity contribution in [1.29, 1.82) is 0 Å². The second-order valence-electron chi connectivity index (χ2n) is 5.39. The Balaban J connectivity index is 1.85. The Hall–Kier alpha value is -1.16. The van der Waals surface area contributed by atoms with Crippen molar-refractivity contribution < 1.29 is 14.2 Å². The van der Waals surface area contributed by atoms with E-state index in [1.807, 2.05) is 0 Å². The average molecular weight is 251 g/mol. The van der Waals surface area contributed by atoms with Crippen LogP contribution in [0.3, 0.4) is 0 Å². The summed E-state index contributed by atoms with van der Waals surface area (Å²) in [4.78, 5) is 4.23. The molecule has 0 spiro atoms. The van der Waals surface area contributed by atoms with Crippen molar-refractivity contribution in [3.8, 4) is 5.88 Å². The fourth-order valence-corrected chi connectivity index (χ4v) is 2.26. The molecular formula is C14H18FNO2. The van der Waals surface area contributed by atoms with Gasteiger partial charge in [-0.1, -0.05) is 0 Å². The smallest absolute Gasteiger partial charge is 0.220 e. The van der Waals surface area contributed by atoms with Crippen LogP contribution in [0.1, 0.15) is 43.4 Å². The van der Waals surface area contributed by atoms with Crippen LogP contribution in [-0.4, -0.2) is 16.7 Å². The molecule has 0 unspecified atom stereocenters. The van der Waals surface area contributed by atoms with Crippen molar-refractivity contribution in [2.75, 3.05) is 6.61 Å². The van der Waals surface area contributed by atoms with Crippen LogP contribution in [0.2, 0.25) is 0 Å². The molecule has 1 heterocycles. The normalized spacial score (nSPS) is 21.4. The number of aliphatic hydroxyl groups excluding tert-OH is 1. The van der Waals surface area contributed by atoms with E-state index in [2.05, 4.69) is 4.98 Å². The van der Waals surface area contributed by atoms with Crippen molar-refractivity contribution in [3.63, 3.8) is 0 Å². The number of aliphatic hydroxyl groups is 1. The molecule has 0 radical (unpaired) electrons. The van der Waals surface area contributed by atoms with Crippen LogP contribution in [-0.2, 0) is 12.3 Å². The van der Waals surface area contributed by atoms with Gasteiger partial charge in [-0.15, -0.1) is 0 Å². The molecule has 3 rings (SSSR count). The molecule has 0 atom stereocenters. The topological polar surface area (TPSA) is 42.4 Å². The monoisotopic (exact) mass is 251 g/mol. The maximum Gasteiger partial charge on any atom is 0.220 e. The molecule has 4 heteroatoms. The highest BCUT2D eigenvalue weighted by Crippen LogP contribution is 2.48. The molecule has 0 aliphatic heterocycles. The van der Waals surface area contributed by atoms with Crippen molar-refractivity contribution in [3.05, 3.63) is 23.4 Å². The fourth-order valence-electron chi connectivity index (χ4n) is 2.26. The molecule has 2 aliphatic carbocycles. The van der Waals surface area contributed by atoms with Crippen molar-refractivity contribution in [1.82, 2.24) is 4.98 Å². The average Bonchev–Trinajstić information content (AvgIpc) is 3.17. The Kier molecular flexibility index (Phi) is 2.98. The lowest BCUT2D eigenvalue weighted by molar-refractivity contribution is 0.0559. The fraction of sp³-hybridized carbons (Fsp3) is 0.643. The molecule has 0 saturated heterocycles. The van der Waals surface area contributed by atoms with E-state index in [1.54, 1.807) is 12.1 Å². The van der Waals surface area contributed by atoms with E-state index in [-0.39, 0.29) is 6.61 Å². The molecule has 2 saturated carbocycles. The summed E-state index contributed by atoms with van der Waals surface area (Å²) in [6.07, 6.45) is 4.39. The van der Waals surface area contributed by atoms with Crippen LogP contribution in [0.5, 0.6) is 5.88 Å². The van der Waals surface area contributed by atoms with Crippen LogP contribution in [0.4, 0.5) is 4.39 Å². The number of rotatable bonds is 5. The molecule has 18 heavy (non-hydrogen) atoms. The number of pyridine rings is 1. The molecule has 0 amide bonds. The van der Waals surface area contributed by atoms with Gasteiger partial charge in [0.1, 0.15) is 5.67 Å². The summed E-state index contributed by atoms with van der Waals surface area (Å²) in [5.74, 6) is 0.991. The maximum absolute atomic E-state index is 14.5. The van der Waals surface area contributed by atoms with Crippen LogP contribution < -0.4 is 4.74 Å². The summed E-state index contributed by atoms with van der Waals surface area (Å²) in [6, 6.07) is 3.40. The first kappa shape index (κ1) is 11.9. The number of hydrogen-bond acceptors (Lipinski definition) is 3. The van der Waals surface area contributed by atoms with Crippen molar-refractivity contribution in [2.45, 2.75) is 44.4 Å². The van der Waals surface area contributed by atoms with E-state index < -0.39 is 5.67 Å². The van der Waals surface area contributed by atoms with Gasteiger partial charge in [0.05, 0.1) is 24.5 Å². The summed E-state index contributed by atoms with van der Waals surface area (Å²) in [7, 11) is 0.